The van der Waals surface area contributed by atoms with Crippen LogP contribution in [0, 0.1) is 0 Å². The molecule has 0 fully saturated rings. The summed E-state index contributed by atoms with van der Waals surface area (Å²) in [5, 5.41) is 14.8. The van der Waals surface area contributed by atoms with Crippen molar-refractivity contribution < 1.29 is 9.53 Å². The molecule has 8 heteroatoms. The van der Waals surface area contributed by atoms with Gasteiger partial charge < -0.3 is 19.9 Å². The molecule has 0 bridgehead atoms. The van der Waals surface area contributed by atoms with Gasteiger partial charge in [-0.15, -0.1) is 10.2 Å². The molecular weight excluding hydrogens is 354 g/mol. The quantitative estimate of drug-likeness (QED) is 0.727. The van der Waals surface area contributed by atoms with Gasteiger partial charge in [0.15, 0.2) is 0 Å². The van der Waals surface area contributed by atoms with Crippen molar-refractivity contribution in [2.24, 2.45) is 0 Å². The van der Waals surface area contributed by atoms with Crippen LogP contribution in [0.2, 0.25) is 5.02 Å². The van der Waals surface area contributed by atoms with E-state index in [2.05, 4.69) is 25.4 Å². The molecule has 2 aromatic rings. The first-order chi connectivity index (χ1) is 12.7. The van der Waals surface area contributed by atoms with Gasteiger partial charge in [0.05, 0.1) is 6.54 Å². The van der Waals surface area contributed by atoms with Crippen molar-refractivity contribution in [2.75, 3.05) is 19.7 Å². The molecule has 1 aromatic heterocycles. The summed E-state index contributed by atoms with van der Waals surface area (Å²) >= 11 is 5.89. The zero-order valence-corrected chi connectivity index (χ0v) is 15.5. The smallest absolute Gasteiger partial charge is 0.314 e. The third-order valence-corrected chi connectivity index (χ3v) is 4.51. The molecule has 7 nitrogen and oxygen atoms in total. The molecule has 140 valence electrons. The third-order valence-electron chi connectivity index (χ3n) is 4.27. The SMILES string of the molecule is O=C(NCCOc1cccc(Cl)c1)NCCc1nnc2n1CCCCC2. The van der Waals surface area contributed by atoms with Gasteiger partial charge in [-0.25, -0.2) is 4.79 Å². The Morgan fingerprint density at radius 3 is 2.96 bits per heavy atom. The Balaban J connectivity index is 1.33. The van der Waals surface area contributed by atoms with Gasteiger partial charge in [0.2, 0.25) is 0 Å². The first-order valence-corrected chi connectivity index (χ1v) is 9.41. The molecule has 2 N–H and O–H groups in total. The number of ether oxygens (including phenoxy) is 1. The minimum atomic E-state index is -0.213. The fourth-order valence-corrected chi connectivity index (χ4v) is 3.15. The summed E-state index contributed by atoms with van der Waals surface area (Å²) in [6, 6.07) is 6.96. The molecule has 2 amide bonds. The lowest BCUT2D eigenvalue weighted by Gasteiger charge is -2.10. The number of aromatic nitrogens is 3. The number of carbonyl (C=O) groups is 1. The zero-order valence-electron chi connectivity index (χ0n) is 14.7. The van der Waals surface area contributed by atoms with E-state index in [1.54, 1.807) is 12.1 Å². The number of nitrogens with zero attached hydrogens (tertiary/aromatic N) is 3. The first-order valence-electron chi connectivity index (χ1n) is 9.03. The van der Waals surface area contributed by atoms with E-state index in [1.807, 2.05) is 12.1 Å². The van der Waals surface area contributed by atoms with E-state index in [4.69, 9.17) is 16.3 Å². The predicted molar refractivity (Wildman–Crippen MR) is 99.6 cm³/mol. The van der Waals surface area contributed by atoms with Crippen LogP contribution >= 0.6 is 11.6 Å². The maximum Gasteiger partial charge on any atom is 0.314 e. The molecule has 0 aliphatic carbocycles. The molecule has 26 heavy (non-hydrogen) atoms. The number of urea groups is 1. The number of carbonyl (C=O) groups excluding carboxylic acids is 1. The van der Waals surface area contributed by atoms with Crippen LogP contribution in [0.3, 0.4) is 0 Å². The summed E-state index contributed by atoms with van der Waals surface area (Å²) in [6.45, 7) is 2.30. The van der Waals surface area contributed by atoms with Gasteiger partial charge in [-0.1, -0.05) is 24.1 Å². The predicted octanol–water partition coefficient (Wildman–Crippen LogP) is 2.58. The highest BCUT2D eigenvalue weighted by molar-refractivity contribution is 6.30. The molecule has 0 saturated carbocycles. The molecule has 3 rings (SSSR count). The van der Waals surface area contributed by atoms with Crippen molar-refractivity contribution in [2.45, 2.75) is 38.6 Å². The summed E-state index contributed by atoms with van der Waals surface area (Å²) in [7, 11) is 0. The number of nitrogens with one attached hydrogen (secondary N) is 2. The van der Waals surface area contributed by atoms with Crippen LogP contribution in [0.15, 0.2) is 24.3 Å². The van der Waals surface area contributed by atoms with Gasteiger partial charge in [0, 0.05) is 31.0 Å². The maximum absolute atomic E-state index is 11.8. The average molecular weight is 378 g/mol. The number of hydrogen-bond acceptors (Lipinski definition) is 4. The van der Waals surface area contributed by atoms with Gasteiger partial charge in [0.25, 0.3) is 0 Å². The highest BCUT2D eigenvalue weighted by atomic mass is 35.5. The lowest BCUT2D eigenvalue weighted by atomic mass is 10.2. The Kier molecular flexibility index (Phi) is 6.71. The fraction of sp³-hybridized carbons (Fsp3) is 0.500. The standard InChI is InChI=1S/C18H24ClN5O2/c19-14-5-4-6-15(13-14)26-12-10-21-18(25)20-9-8-17-23-22-16-7-2-1-3-11-24(16)17/h4-6,13H,1-3,7-12H2,(H2,20,21,25). The van der Waals surface area contributed by atoms with E-state index in [0.717, 1.165) is 24.6 Å². The van der Waals surface area contributed by atoms with E-state index >= 15 is 0 Å². The molecule has 0 spiro atoms. The van der Waals surface area contributed by atoms with Crippen LogP contribution in [0.5, 0.6) is 5.75 Å². The Hall–Kier alpha value is -2.28. The minimum Gasteiger partial charge on any atom is -0.492 e. The Morgan fingerprint density at radius 1 is 1.19 bits per heavy atom. The molecule has 0 saturated heterocycles. The van der Waals surface area contributed by atoms with Crippen LogP contribution in [0.25, 0.3) is 0 Å². The van der Waals surface area contributed by atoms with Crippen LogP contribution < -0.4 is 15.4 Å². The number of fused-ring (bicyclic) bond motifs is 1. The van der Waals surface area contributed by atoms with Crippen LogP contribution in [0.4, 0.5) is 4.79 Å². The van der Waals surface area contributed by atoms with Crippen LogP contribution in [-0.2, 0) is 19.4 Å². The summed E-state index contributed by atoms with van der Waals surface area (Å²) in [6.07, 6.45) is 5.25. The van der Waals surface area contributed by atoms with Crippen molar-refractivity contribution in [3.05, 3.63) is 40.9 Å². The second kappa shape index (κ2) is 9.43. The summed E-state index contributed by atoms with van der Waals surface area (Å²) in [4.78, 5) is 11.8. The Labute approximate surface area is 158 Å². The van der Waals surface area contributed by atoms with E-state index in [0.29, 0.717) is 36.9 Å². The average Bonchev–Trinajstić information content (AvgIpc) is 2.86. The van der Waals surface area contributed by atoms with E-state index in [9.17, 15) is 4.79 Å². The molecular formula is C18H24ClN5O2. The topological polar surface area (TPSA) is 81.1 Å². The fourth-order valence-electron chi connectivity index (χ4n) is 2.97. The number of halogens is 1. The number of hydrogen-bond donors (Lipinski definition) is 2. The molecule has 0 radical (unpaired) electrons. The van der Waals surface area contributed by atoms with Crippen LogP contribution in [-0.4, -0.2) is 40.5 Å². The number of amides is 2. The van der Waals surface area contributed by atoms with Gasteiger partial charge in [0.1, 0.15) is 24.0 Å². The summed E-state index contributed by atoms with van der Waals surface area (Å²) in [5.41, 5.74) is 0. The summed E-state index contributed by atoms with van der Waals surface area (Å²) in [5.74, 6) is 2.71. The zero-order chi connectivity index (χ0) is 18.2. The molecule has 1 aliphatic heterocycles. The van der Waals surface area contributed by atoms with E-state index in [-0.39, 0.29) is 6.03 Å². The van der Waals surface area contributed by atoms with Crippen molar-refractivity contribution in [3.63, 3.8) is 0 Å². The largest absolute Gasteiger partial charge is 0.492 e. The number of rotatable bonds is 7. The Morgan fingerprint density at radius 2 is 2.08 bits per heavy atom. The first kappa shape index (κ1) is 18.5. The highest BCUT2D eigenvalue weighted by Crippen LogP contribution is 2.16. The molecule has 1 aliphatic rings. The summed E-state index contributed by atoms with van der Waals surface area (Å²) < 4.78 is 7.73. The number of benzene rings is 1. The normalized spacial score (nSPS) is 13.6. The second-order valence-corrected chi connectivity index (χ2v) is 6.67. The van der Waals surface area contributed by atoms with Crippen LogP contribution in [0.1, 0.15) is 30.9 Å². The monoisotopic (exact) mass is 377 g/mol. The van der Waals surface area contributed by atoms with E-state index < -0.39 is 0 Å². The van der Waals surface area contributed by atoms with Crippen molar-refractivity contribution in [3.8, 4) is 5.75 Å². The van der Waals surface area contributed by atoms with Gasteiger partial charge in [-0.05, 0) is 31.0 Å². The maximum atomic E-state index is 11.8. The highest BCUT2D eigenvalue weighted by Gasteiger charge is 2.14. The third kappa shape index (κ3) is 5.36. The van der Waals surface area contributed by atoms with Crippen molar-refractivity contribution >= 4 is 17.6 Å². The van der Waals surface area contributed by atoms with Gasteiger partial charge in [-0.2, -0.15) is 0 Å². The lowest BCUT2D eigenvalue weighted by Crippen LogP contribution is -2.38. The Bertz CT molecular complexity index is 734. The van der Waals surface area contributed by atoms with Crippen molar-refractivity contribution in [1.82, 2.24) is 25.4 Å². The minimum absolute atomic E-state index is 0.213. The van der Waals surface area contributed by atoms with Gasteiger partial charge in [-0.3, -0.25) is 0 Å². The second-order valence-electron chi connectivity index (χ2n) is 6.23. The molecule has 0 unspecified atom stereocenters. The molecule has 1 aromatic carbocycles. The molecule has 2 heterocycles. The van der Waals surface area contributed by atoms with Crippen molar-refractivity contribution in [1.29, 1.82) is 0 Å². The molecule has 0 atom stereocenters. The number of aryl methyl sites for hydroxylation is 1. The van der Waals surface area contributed by atoms with E-state index in [1.165, 1.54) is 19.3 Å². The van der Waals surface area contributed by atoms with Gasteiger partial charge >= 0.3 is 6.03 Å². The lowest BCUT2D eigenvalue weighted by molar-refractivity contribution is 0.236.